The fourth-order valence-electron chi connectivity index (χ4n) is 4.53. The highest BCUT2D eigenvalue weighted by molar-refractivity contribution is 7.87. The Kier molecular flexibility index (Phi) is 8.74. The lowest BCUT2D eigenvalue weighted by Gasteiger charge is -2.21. The molecule has 0 atom stereocenters. The van der Waals surface area contributed by atoms with E-state index >= 15 is 0 Å². The number of benzene rings is 2. The van der Waals surface area contributed by atoms with Crippen LogP contribution in [-0.2, 0) is 21.5 Å². The molecule has 3 N–H and O–H groups in total. The molecular formula is C27H32N6O4S2. The van der Waals surface area contributed by atoms with Gasteiger partial charge in [-0.15, -0.1) is 0 Å². The van der Waals surface area contributed by atoms with Crippen molar-refractivity contribution in [2.45, 2.75) is 43.5 Å². The van der Waals surface area contributed by atoms with Crippen LogP contribution in [-0.4, -0.2) is 48.5 Å². The summed E-state index contributed by atoms with van der Waals surface area (Å²) in [4.78, 5) is 21.0. The first kappa shape index (κ1) is 27.1. The largest absolute Gasteiger partial charge is 0.385 e. The summed E-state index contributed by atoms with van der Waals surface area (Å²) in [5.41, 5.74) is 1.50. The Hall–Kier alpha value is -3.48. The number of nitrogens with zero attached hydrogens (tertiary/aromatic N) is 3. The molecule has 0 bridgehead atoms. The molecule has 0 aliphatic carbocycles. The minimum absolute atomic E-state index is 0.0530. The fourth-order valence-corrected chi connectivity index (χ4v) is 6.36. The van der Waals surface area contributed by atoms with Gasteiger partial charge in [-0.25, -0.2) is 9.97 Å². The van der Waals surface area contributed by atoms with Crippen molar-refractivity contribution >= 4 is 48.4 Å². The molecule has 10 nitrogen and oxygen atoms in total. The Bertz CT molecular complexity index is 1480. The number of anilines is 2. The average molecular weight is 569 g/mol. The predicted molar refractivity (Wildman–Crippen MR) is 153 cm³/mol. The molecule has 4 aromatic rings. The van der Waals surface area contributed by atoms with Crippen molar-refractivity contribution in [1.82, 2.24) is 19.9 Å². The molecule has 1 aliphatic rings. The maximum absolute atomic E-state index is 12.9. The van der Waals surface area contributed by atoms with Gasteiger partial charge < -0.3 is 24.7 Å². The van der Waals surface area contributed by atoms with Crippen LogP contribution in [0.4, 0.5) is 10.8 Å². The van der Waals surface area contributed by atoms with Crippen molar-refractivity contribution in [2.75, 3.05) is 30.3 Å². The minimum Gasteiger partial charge on any atom is -0.385 e. The number of carbonyl (C=O) groups excluding carboxylic acids is 1. The first-order valence-electron chi connectivity index (χ1n) is 13.1. The molecule has 1 aliphatic heterocycles. The molecule has 12 heteroatoms. The topological polar surface area (TPSA) is 127 Å². The molecule has 3 heterocycles. The lowest BCUT2D eigenvalue weighted by atomic mass is 9.93. The number of hydrogen-bond acceptors (Lipinski definition) is 9. The SMILES string of the molecule is O=C(CCC1CCNCC1)Nc1nc2ccc(OS(=O)(=O)c3ccc(NCCCn4ccnc4)cc3)cc2s1. The van der Waals surface area contributed by atoms with Gasteiger partial charge in [0.1, 0.15) is 10.6 Å². The van der Waals surface area contributed by atoms with Gasteiger partial charge in [0, 0.05) is 43.7 Å². The van der Waals surface area contributed by atoms with Gasteiger partial charge in [-0.3, -0.25) is 4.79 Å². The molecule has 1 fully saturated rings. The number of nitrogens with one attached hydrogen (secondary N) is 3. The third kappa shape index (κ3) is 7.55. The van der Waals surface area contributed by atoms with E-state index in [1.807, 2.05) is 10.8 Å². The van der Waals surface area contributed by atoms with Gasteiger partial charge in [0.2, 0.25) is 5.91 Å². The molecule has 0 unspecified atom stereocenters. The number of hydrogen-bond donors (Lipinski definition) is 3. The van der Waals surface area contributed by atoms with Gasteiger partial charge in [-0.1, -0.05) is 11.3 Å². The summed E-state index contributed by atoms with van der Waals surface area (Å²) in [6.07, 6.45) is 9.90. The summed E-state index contributed by atoms with van der Waals surface area (Å²) in [6.45, 7) is 3.63. The monoisotopic (exact) mass is 568 g/mol. The quantitative estimate of drug-likeness (QED) is 0.169. The van der Waals surface area contributed by atoms with Crippen molar-refractivity contribution in [2.24, 2.45) is 5.92 Å². The number of fused-ring (bicyclic) bond motifs is 1. The number of amides is 1. The lowest BCUT2D eigenvalue weighted by Crippen LogP contribution is -2.28. The van der Waals surface area contributed by atoms with Crippen LogP contribution >= 0.6 is 11.3 Å². The zero-order valence-corrected chi connectivity index (χ0v) is 23.1. The van der Waals surface area contributed by atoms with Crippen LogP contribution in [0.15, 0.2) is 66.1 Å². The molecule has 39 heavy (non-hydrogen) atoms. The van der Waals surface area contributed by atoms with E-state index in [0.29, 0.717) is 23.0 Å². The number of aryl methyl sites for hydroxylation is 1. The summed E-state index contributed by atoms with van der Waals surface area (Å²) in [7, 11) is -4.01. The number of piperidine rings is 1. The fraction of sp³-hybridized carbons (Fsp3) is 0.370. The van der Waals surface area contributed by atoms with E-state index in [1.165, 1.54) is 23.5 Å². The second-order valence-electron chi connectivity index (χ2n) is 9.57. The number of thiazole rings is 1. The molecule has 0 saturated carbocycles. The molecule has 0 spiro atoms. The first-order chi connectivity index (χ1) is 18.9. The van der Waals surface area contributed by atoms with Crippen LogP contribution in [0.25, 0.3) is 10.2 Å². The third-order valence-electron chi connectivity index (χ3n) is 6.67. The maximum Gasteiger partial charge on any atom is 0.339 e. The molecule has 2 aromatic heterocycles. The van der Waals surface area contributed by atoms with Crippen LogP contribution < -0.4 is 20.1 Å². The second kappa shape index (κ2) is 12.6. The standard InChI is InChI=1S/C27H32N6O4S2/c34-26(9-2-20-10-13-28-14-11-20)32-27-31-24-8-5-22(18-25(24)38-27)37-39(35,36)23-6-3-21(4-7-23)30-12-1-16-33-17-15-29-19-33/h3-8,15,17-20,28,30H,1-2,9-14,16H2,(H,31,32,34). The van der Waals surface area contributed by atoms with Crippen LogP contribution in [0.2, 0.25) is 0 Å². The molecule has 1 saturated heterocycles. The first-order valence-corrected chi connectivity index (χ1v) is 15.3. The zero-order chi connectivity index (χ0) is 27.1. The summed E-state index contributed by atoms with van der Waals surface area (Å²) in [6, 6.07) is 11.4. The number of carbonyl (C=O) groups is 1. The Morgan fingerprint density at radius 3 is 2.74 bits per heavy atom. The van der Waals surface area contributed by atoms with E-state index in [2.05, 4.69) is 25.9 Å². The predicted octanol–water partition coefficient (Wildman–Crippen LogP) is 4.48. The lowest BCUT2D eigenvalue weighted by molar-refractivity contribution is -0.116. The summed E-state index contributed by atoms with van der Waals surface area (Å²) in [5.74, 6) is 0.722. The van der Waals surface area contributed by atoms with E-state index < -0.39 is 10.1 Å². The number of rotatable bonds is 12. The van der Waals surface area contributed by atoms with Crippen molar-refractivity contribution in [3.8, 4) is 5.75 Å². The highest BCUT2D eigenvalue weighted by atomic mass is 32.2. The Morgan fingerprint density at radius 1 is 1.15 bits per heavy atom. The molecule has 5 rings (SSSR count). The summed E-state index contributed by atoms with van der Waals surface area (Å²) < 4.78 is 33.9. The highest BCUT2D eigenvalue weighted by Gasteiger charge is 2.18. The zero-order valence-electron chi connectivity index (χ0n) is 21.5. The van der Waals surface area contributed by atoms with Crippen molar-refractivity contribution in [3.63, 3.8) is 0 Å². The maximum atomic E-state index is 12.9. The number of imidazole rings is 1. The molecule has 1 amide bonds. The highest BCUT2D eigenvalue weighted by Crippen LogP contribution is 2.31. The van der Waals surface area contributed by atoms with Gasteiger partial charge in [0.25, 0.3) is 0 Å². The van der Waals surface area contributed by atoms with E-state index in [1.54, 1.807) is 42.9 Å². The average Bonchev–Trinajstić information content (AvgIpc) is 3.60. The van der Waals surface area contributed by atoms with E-state index in [-0.39, 0.29) is 16.6 Å². The summed E-state index contributed by atoms with van der Waals surface area (Å²) in [5, 5.41) is 10.00. The van der Waals surface area contributed by atoms with Crippen LogP contribution in [0.3, 0.4) is 0 Å². The molecular weight excluding hydrogens is 536 g/mol. The minimum atomic E-state index is -4.01. The molecule has 206 valence electrons. The van der Waals surface area contributed by atoms with E-state index in [9.17, 15) is 13.2 Å². The van der Waals surface area contributed by atoms with Gasteiger partial charge >= 0.3 is 10.1 Å². The third-order valence-corrected chi connectivity index (χ3v) is 8.87. The van der Waals surface area contributed by atoms with Gasteiger partial charge in [-0.05, 0) is 81.1 Å². The smallest absolute Gasteiger partial charge is 0.339 e. The molecule has 2 aromatic carbocycles. The number of aromatic nitrogens is 3. The van der Waals surface area contributed by atoms with Gasteiger partial charge in [-0.2, -0.15) is 8.42 Å². The van der Waals surface area contributed by atoms with E-state index in [0.717, 1.165) is 62.2 Å². The van der Waals surface area contributed by atoms with Crippen molar-refractivity contribution in [1.29, 1.82) is 0 Å². The summed E-state index contributed by atoms with van der Waals surface area (Å²) >= 11 is 1.29. The van der Waals surface area contributed by atoms with Crippen molar-refractivity contribution in [3.05, 3.63) is 61.2 Å². The van der Waals surface area contributed by atoms with Gasteiger partial charge in [0.05, 0.1) is 16.5 Å². The Labute approximate surface area is 231 Å². The normalized spacial score (nSPS) is 14.4. The van der Waals surface area contributed by atoms with Gasteiger partial charge in [0.15, 0.2) is 5.13 Å². The molecule has 0 radical (unpaired) electrons. The van der Waals surface area contributed by atoms with Crippen LogP contribution in [0, 0.1) is 5.92 Å². The Balaban J connectivity index is 1.14. The Morgan fingerprint density at radius 2 is 1.97 bits per heavy atom. The van der Waals surface area contributed by atoms with Crippen molar-refractivity contribution < 1.29 is 17.4 Å². The second-order valence-corrected chi connectivity index (χ2v) is 12.1. The van der Waals surface area contributed by atoms with E-state index in [4.69, 9.17) is 4.18 Å². The van der Waals surface area contributed by atoms with Crippen LogP contribution in [0.1, 0.15) is 32.1 Å². The van der Waals surface area contributed by atoms with Crippen LogP contribution in [0.5, 0.6) is 5.75 Å².